The highest BCUT2D eigenvalue weighted by molar-refractivity contribution is 5.90. The first-order valence-electron chi connectivity index (χ1n) is 8.13. The number of nitrogens with one attached hydrogen (secondary N) is 1. The second-order valence-corrected chi connectivity index (χ2v) is 5.97. The average Bonchev–Trinajstić information content (AvgIpc) is 2.98. The van der Waals surface area contributed by atoms with Gasteiger partial charge >= 0.3 is 0 Å². The van der Waals surface area contributed by atoms with Crippen LogP contribution < -0.4 is 0 Å². The Morgan fingerprint density at radius 2 is 1.83 bits per heavy atom. The second-order valence-electron chi connectivity index (χ2n) is 5.97. The van der Waals surface area contributed by atoms with E-state index in [-0.39, 0.29) is 10.6 Å². The quantitative estimate of drug-likeness (QED) is 0.545. The predicted octanol–water partition coefficient (Wildman–Crippen LogP) is 4.24. The summed E-state index contributed by atoms with van der Waals surface area (Å²) in [5, 5.41) is 12.1. The lowest BCUT2D eigenvalue weighted by Crippen LogP contribution is -2.20. The summed E-state index contributed by atoms with van der Waals surface area (Å²) in [6.07, 6.45) is 0.931. The smallest absolute Gasteiger partial charge is 0.269 e. The van der Waals surface area contributed by atoms with Crippen LogP contribution in [0.25, 0.3) is 22.2 Å². The molecular formula is C19H21N3O2. The van der Waals surface area contributed by atoms with Gasteiger partial charge < -0.3 is 9.88 Å². The van der Waals surface area contributed by atoms with Crippen LogP contribution in [0.4, 0.5) is 5.69 Å². The molecule has 0 aliphatic carbocycles. The van der Waals surface area contributed by atoms with Crippen LogP contribution in [-0.4, -0.2) is 34.9 Å². The van der Waals surface area contributed by atoms with E-state index in [1.54, 1.807) is 12.1 Å². The summed E-state index contributed by atoms with van der Waals surface area (Å²) in [6, 6.07) is 15.0. The zero-order valence-corrected chi connectivity index (χ0v) is 14.0. The maximum atomic E-state index is 10.9. The number of nitro benzene ring substituents is 1. The molecule has 1 N–H and O–H groups in total. The van der Waals surface area contributed by atoms with Crippen molar-refractivity contribution in [3.05, 3.63) is 64.2 Å². The van der Waals surface area contributed by atoms with Crippen molar-refractivity contribution in [2.24, 2.45) is 0 Å². The molecule has 5 heteroatoms. The van der Waals surface area contributed by atoms with Crippen molar-refractivity contribution < 1.29 is 4.92 Å². The molecule has 0 amide bonds. The maximum absolute atomic E-state index is 10.9. The summed E-state index contributed by atoms with van der Waals surface area (Å²) in [4.78, 5) is 16.3. The molecule has 0 radical (unpaired) electrons. The van der Waals surface area contributed by atoms with Gasteiger partial charge in [0, 0.05) is 35.3 Å². The summed E-state index contributed by atoms with van der Waals surface area (Å²) >= 11 is 0. The van der Waals surface area contributed by atoms with Crippen LogP contribution in [0.2, 0.25) is 0 Å². The van der Waals surface area contributed by atoms with Crippen molar-refractivity contribution >= 4 is 16.6 Å². The maximum Gasteiger partial charge on any atom is 0.269 e. The molecule has 0 spiro atoms. The van der Waals surface area contributed by atoms with Crippen molar-refractivity contribution in [3.8, 4) is 11.3 Å². The number of likely N-dealkylation sites (N-methyl/N-ethyl adjacent to an activating group) is 1. The van der Waals surface area contributed by atoms with Crippen LogP contribution in [0.1, 0.15) is 12.5 Å². The minimum absolute atomic E-state index is 0.113. The SMILES string of the molecule is CCN(C)CCc1c(-c2ccc([N+](=O)[O-])cc2)[nH]c2ccccc12. The fourth-order valence-electron chi connectivity index (χ4n) is 2.92. The van der Waals surface area contributed by atoms with E-state index in [1.165, 1.54) is 10.9 Å². The molecule has 1 aromatic heterocycles. The number of fused-ring (bicyclic) bond motifs is 1. The Hall–Kier alpha value is -2.66. The lowest BCUT2D eigenvalue weighted by atomic mass is 10.0. The predicted molar refractivity (Wildman–Crippen MR) is 97.3 cm³/mol. The van der Waals surface area contributed by atoms with E-state index in [1.807, 2.05) is 24.3 Å². The molecule has 124 valence electrons. The largest absolute Gasteiger partial charge is 0.354 e. The molecule has 0 saturated heterocycles. The zero-order valence-electron chi connectivity index (χ0n) is 14.0. The summed E-state index contributed by atoms with van der Waals surface area (Å²) < 4.78 is 0. The number of aromatic nitrogens is 1. The molecule has 0 fully saturated rings. The number of rotatable bonds is 6. The molecule has 0 aliphatic heterocycles. The third kappa shape index (κ3) is 3.16. The first kappa shape index (κ1) is 16.2. The zero-order chi connectivity index (χ0) is 17.1. The van der Waals surface area contributed by atoms with Crippen molar-refractivity contribution in [1.29, 1.82) is 0 Å². The van der Waals surface area contributed by atoms with Gasteiger partial charge in [0.2, 0.25) is 0 Å². The fraction of sp³-hybridized carbons (Fsp3) is 0.263. The summed E-state index contributed by atoms with van der Waals surface area (Å²) in [5.41, 5.74) is 4.50. The third-order valence-corrected chi connectivity index (χ3v) is 4.46. The Kier molecular flexibility index (Phi) is 4.62. The number of aromatic amines is 1. The minimum atomic E-state index is -0.369. The van der Waals surface area contributed by atoms with Gasteiger partial charge in [-0.25, -0.2) is 0 Å². The van der Waals surface area contributed by atoms with Gasteiger partial charge in [0.15, 0.2) is 0 Å². The van der Waals surface area contributed by atoms with Crippen LogP contribution in [0, 0.1) is 10.1 Å². The van der Waals surface area contributed by atoms with Crippen molar-refractivity contribution in [3.63, 3.8) is 0 Å². The van der Waals surface area contributed by atoms with E-state index < -0.39 is 0 Å². The molecule has 0 aliphatic rings. The molecule has 2 aromatic carbocycles. The van der Waals surface area contributed by atoms with Gasteiger partial charge in [0.05, 0.1) is 4.92 Å². The Bertz CT molecular complexity index is 853. The normalized spacial score (nSPS) is 11.3. The Morgan fingerprint density at radius 3 is 2.50 bits per heavy atom. The van der Waals surface area contributed by atoms with E-state index in [2.05, 4.69) is 36.0 Å². The Labute approximate surface area is 141 Å². The van der Waals surface area contributed by atoms with E-state index in [0.717, 1.165) is 36.3 Å². The standard InChI is InChI=1S/C19H21N3O2/c1-3-21(2)13-12-17-16-6-4-5-7-18(16)20-19(17)14-8-10-15(11-9-14)22(23)24/h4-11,20H,3,12-13H2,1-2H3. The van der Waals surface area contributed by atoms with Gasteiger partial charge in [-0.05, 0) is 49.3 Å². The molecule has 3 rings (SSSR count). The van der Waals surface area contributed by atoms with E-state index >= 15 is 0 Å². The average molecular weight is 323 g/mol. The number of benzene rings is 2. The van der Waals surface area contributed by atoms with Gasteiger partial charge in [-0.15, -0.1) is 0 Å². The molecule has 3 aromatic rings. The summed E-state index contributed by atoms with van der Waals surface area (Å²) in [6.45, 7) is 4.13. The number of H-pyrrole nitrogens is 1. The van der Waals surface area contributed by atoms with Gasteiger partial charge in [-0.3, -0.25) is 10.1 Å². The summed E-state index contributed by atoms with van der Waals surface area (Å²) in [7, 11) is 2.11. The second kappa shape index (κ2) is 6.84. The number of nitrogens with zero attached hydrogens (tertiary/aromatic N) is 2. The van der Waals surface area contributed by atoms with Gasteiger partial charge in [-0.2, -0.15) is 0 Å². The summed E-state index contributed by atoms with van der Waals surface area (Å²) in [5.74, 6) is 0. The van der Waals surface area contributed by atoms with Crippen molar-refractivity contribution in [2.45, 2.75) is 13.3 Å². The fourth-order valence-corrected chi connectivity index (χ4v) is 2.92. The molecule has 1 heterocycles. The van der Waals surface area contributed by atoms with Crippen molar-refractivity contribution in [2.75, 3.05) is 20.1 Å². The first-order chi connectivity index (χ1) is 11.6. The van der Waals surface area contributed by atoms with E-state index in [4.69, 9.17) is 0 Å². The number of nitro groups is 1. The van der Waals surface area contributed by atoms with Crippen LogP contribution in [0.15, 0.2) is 48.5 Å². The van der Waals surface area contributed by atoms with Crippen LogP contribution in [0.5, 0.6) is 0 Å². The minimum Gasteiger partial charge on any atom is -0.354 e. The molecule has 24 heavy (non-hydrogen) atoms. The first-order valence-corrected chi connectivity index (χ1v) is 8.13. The van der Waals surface area contributed by atoms with Gasteiger partial charge in [0.25, 0.3) is 5.69 Å². The van der Waals surface area contributed by atoms with Crippen molar-refractivity contribution in [1.82, 2.24) is 9.88 Å². The molecule has 5 nitrogen and oxygen atoms in total. The van der Waals surface area contributed by atoms with E-state index in [0.29, 0.717) is 0 Å². The molecule has 0 unspecified atom stereocenters. The lowest BCUT2D eigenvalue weighted by molar-refractivity contribution is -0.384. The highest BCUT2D eigenvalue weighted by Crippen LogP contribution is 2.31. The molecule has 0 bridgehead atoms. The third-order valence-electron chi connectivity index (χ3n) is 4.46. The van der Waals surface area contributed by atoms with Crippen LogP contribution in [0.3, 0.4) is 0 Å². The lowest BCUT2D eigenvalue weighted by Gasteiger charge is -2.14. The Balaban J connectivity index is 2.04. The number of hydrogen-bond donors (Lipinski definition) is 1. The number of para-hydroxylation sites is 1. The highest BCUT2D eigenvalue weighted by Gasteiger charge is 2.14. The Morgan fingerprint density at radius 1 is 1.12 bits per heavy atom. The van der Waals surface area contributed by atoms with Crippen LogP contribution >= 0.6 is 0 Å². The van der Waals surface area contributed by atoms with Crippen LogP contribution in [-0.2, 0) is 6.42 Å². The topological polar surface area (TPSA) is 62.2 Å². The number of hydrogen-bond acceptors (Lipinski definition) is 3. The van der Waals surface area contributed by atoms with Gasteiger partial charge in [0.1, 0.15) is 0 Å². The monoisotopic (exact) mass is 323 g/mol. The molecule has 0 atom stereocenters. The number of non-ortho nitro benzene ring substituents is 1. The molecule has 0 saturated carbocycles. The van der Waals surface area contributed by atoms with Gasteiger partial charge in [-0.1, -0.05) is 25.1 Å². The highest BCUT2D eigenvalue weighted by atomic mass is 16.6. The molecular weight excluding hydrogens is 302 g/mol. The van der Waals surface area contributed by atoms with E-state index in [9.17, 15) is 10.1 Å².